The van der Waals surface area contributed by atoms with Crippen LogP contribution in [0.3, 0.4) is 0 Å². The minimum atomic E-state index is 0. The van der Waals surface area contributed by atoms with Gasteiger partial charge in [0, 0.05) is 30.9 Å². The van der Waals surface area contributed by atoms with Crippen LogP contribution in [0.15, 0.2) is 0 Å². The highest BCUT2D eigenvalue weighted by Gasteiger charge is 2.42. The maximum atomic E-state index is 13.2. The van der Waals surface area contributed by atoms with Crippen LogP contribution in [-0.2, 0) is 11.8 Å². The summed E-state index contributed by atoms with van der Waals surface area (Å²) in [5, 5.41) is 8.23. The van der Waals surface area contributed by atoms with E-state index in [1.54, 1.807) is 0 Å². The van der Waals surface area contributed by atoms with Crippen molar-refractivity contribution in [3.05, 3.63) is 17.0 Å². The molecule has 3 fully saturated rings. The Morgan fingerprint density at radius 1 is 1.12 bits per heavy atom. The fourth-order valence-corrected chi connectivity index (χ4v) is 5.31. The summed E-state index contributed by atoms with van der Waals surface area (Å²) in [5.74, 6) is 1.05. The minimum absolute atomic E-state index is 0. The lowest BCUT2D eigenvalue weighted by molar-refractivity contribution is -0.134. The number of hydrogen-bond acceptors (Lipinski definition) is 3. The number of carbonyl (C=O) groups is 1. The number of aromatic nitrogens is 2. The summed E-state index contributed by atoms with van der Waals surface area (Å²) < 4.78 is 1.95. The fraction of sp³-hybridized carbons (Fsp3) is 0.789. The van der Waals surface area contributed by atoms with Crippen LogP contribution in [0.4, 0.5) is 0 Å². The van der Waals surface area contributed by atoms with E-state index in [4.69, 9.17) is 0 Å². The topological polar surface area (TPSA) is 50.2 Å². The normalized spacial score (nSPS) is 30.5. The van der Waals surface area contributed by atoms with Crippen LogP contribution < -0.4 is 5.32 Å². The van der Waals surface area contributed by atoms with Crippen molar-refractivity contribution in [3.63, 3.8) is 0 Å². The van der Waals surface area contributed by atoms with Gasteiger partial charge in [0.2, 0.25) is 5.91 Å². The number of carbonyl (C=O) groups excluding carboxylic acids is 1. The van der Waals surface area contributed by atoms with Gasteiger partial charge in [-0.2, -0.15) is 5.10 Å². The quantitative estimate of drug-likeness (QED) is 0.823. The molecule has 1 amide bonds. The van der Waals surface area contributed by atoms with Gasteiger partial charge in [-0.05, 0) is 51.9 Å². The first-order valence-electron chi connectivity index (χ1n) is 9.63. The number of aryl methyl sites for hydroxylation is 2. The second kappa shape index (κ2) is 8.49. The molecule has 2 aliphatic heterocycles. The van der Waals surface area contributed by atoms with Gasteiger partial charge in [-0.25, -0.2) is 0 Å². The third-order valence-electron chi connectivity index (χ3n) is 6.59. The van der Waals surface area contributed by atoms with Crippen molar-refractivity contribution in [1.82, 2.24) is 20.0 Å². The number of halogens is 2. The zero-order valence-corrected chi connectivity index (χ0v) is 17.7. The van der Waals surface area contributed by atoms with Crippen LogP contribution in [0.5, 0.6) is 0 Å². The maximum absolute atomic E-state index is 13.2. The third kappa shape index (κ3) is 3.63. The van der Waals surface area contributed by atoms with Crippen LogP contribution in [0, 0.1) is 19.8 Å². The average Bonchev–Trinajstić information content (AvgIpc) is 3.25. The molecule has 0 bridgehead atoms. The van der Waals surface area contributed by atoms with Gasteiger partial charge in [-0.15, -0.1) is 24.8 Å². The first kappa shape index (κ1) is 21.5. The molecule has 3 aliphatic rings. The first-order valence-corrected chi connectivity index (χ1v) is 9.63. The molecule has 1 saturated carbocycles. The Kier molecular flexibility index (Phi) is 7.03. The summed E-state index contributed by atoms with van der Waals surface area (Å²) in [5.41, 5.74) is 3.55. The van der Waals surface area contributed by atoms with Gasteiger partial charge in [0.25, 0.3) is 0 Å². The minimum Gasteiger partial charge on any atom is -0.334 e. The maximum Gasteiger partial charge on any atom is 0.240 e. The number of rotatable bonds is 2. The van der Waals surface area contributed by atoms with Gasteiger partial charge in [0.05, 0.1) is 17.8 Å². The molecule has 1 N–H and O–H groups in total. The Morgan fingerprint density at radius 3 is 2.50 bits per heavy atom. The number of hydrogen-bond donors (Lipinski definition) is 1. The summed E-state index contributed by atoms with van der Waals surface area (Å²) in [7, 11) is 2.00. The van der Waals surface area contributed by atoms with E-state index in [1.807, 2.05) is 11.7 Å². The van der Waals surface area contributed by atoms with Crippen LogP contribution in [0.1, 0.15) is 67.9 Å². The predicted molar refractivity (Wildman–Crippen MR) is 108 cm³/mol. The molecule has 4 unspecified atom stereocenters. The lowest BCUT2D eigenvalue weighted by atomic mass is 9.85. The van der Waals surface area contributed by atoms with Crippen molar-refractivity contribution < 1.29 is 4.79 Å². The Hall–Kier alpha value is -0.780. The molecule has 26 heavy (non-hydrogen) atoms. The molecule has 1 aromatic rings. The fourth-order valence-electron chi connectivity index (χ4n) is 5.31. The molecule has 2 saturated heterocycles. The van der Waals surface area contributed by atoms with Crippen molar-refractivity contribution in [2.75, 3.05) is 6.54 Å². The Morgan fingerprint density at radius 2 is 1.85 bits per heavy atom. The zero-order chi connectivity index (χ0) is 16.8. The van der Waals surface area contributed by atoms with Crippen molar-refractivity contribution in [2.45, 2.75) is 76.9 Å². The third-order valence-corrected chi connectivity index (χ3v) is 6.59. The van der Waals surface area contributed by atoms with Crippen LogP contribution in [0.2, 0.25) is 0 Å². The number of amides is 1. The van der Waals surface area contributed by atoms with E-state index in [0.717, 1.165) is 37.4 Å². The van der Waals surface area contributed by atoms with Crippen molar-refractivity contribution in [3.8, 4) is 0 Å². The summed E-state index contributed by atoms with van der Waals surface area (Å²) in [6.07, 6.45) is 8.41. The van der Waals surface area contributed by atoms with Gasteiger partial charge >= 0.3 is 0 Å². The van der Waals surface area contributed by atoms with Crippen LogP contribution >= 0.6 is 24.8 Å². The van der Waals surface area contributed by atoms with Crippen molar-refractivity contribution >= 4 is 30.7 Å². The number of nitrogens with zero attached hydrogens (tertiary/aromatic N) is 3. The van der Waals surface area contributed by atoms with E-state index in [1.165, 1.54) is 36.9 Å². The molecule has 0 radical (unpaired) electrons. The van der Waals surface area contributed by atoms with E-state index in [0.29, 0.717) is 11.9 Å². The highest BCUT2D eigenvalue weighted by molar-refractivity contribution is 5.85. The second-order valence-electron chi connectivity index (χ2n) is 8.00. The molecule has 1 aromatic heterocycles. The summed E-state index contributed by atoms with van der Waals surface area (Å²) in [6, 6.07) is 0.835. The molecule has 0 aromatic carbocycles. The Balaban J connectivity index is 0.00000121. The number of fused-ring (bicyclic) bond motifs is 1. The highest BCUT2D eigenvalue weighted by Crippen LogP contribution is 2.38. The SMILES string of the molecule is Cc1nn(C)c(C)c1C1CCCN1C(=O)C1CC2CCCCC2N1.Cl.Cl. The highest BCUT2D eigenvalue weighted by atomic mass is 35.5. The van der Waals surface area contributed by atoms with Crippen LogP contribution in [-0.4, -0.2) is 39.2 Å². The molecule has 148 valence electrons. The van der Waals surface area contributed by atoms with Gasteiger partial charge < -0.3 is 10.2 Å². The molecule has 3 heterocycles. The van der Waals surface area contributed by atoms with E-state index >= 15 is 0 Å². The molecule has 4 rings (SSSR count). The van der Waals surface area contributed by atoms with E-state index < -0.39 is 0 Å². The molecule has 5 nitrogen and oxygen atoms in total. The summed E-state index contributed by atoms with van der Waals surface area (Å²) in [6.45, 7) is 5.09. The van der Waals surface area contributed by atoms with Gasteiger partial charge in [0.15, 0.2) is 0 Å². The molecule has 7 heteroatoms. The Labute approximate surface area is 169 Å². The van der Waals surface area contributed by atoms with Gasteiger partial charge in [-0.1, -0.05) is 12.8 Å². The van der Waals surface area contributed by atoms with Crippen molar-refractivity contribution in [1.29, 1.82) is 0 Å². The molecular formula is C19H32Cl2N4O. The predicted octanol–water partition coefficient (Wildman–Crippen LogP) is 3.46. The smallest absolute Gasteiger partial charge is 0.240 e. The lowest BCUT2D eigenvalue weighted by Gasteiger charge is -2.28. The molecule has 0 spiro atoms. The second-order valence-corrected chi connectivity index (χ2v) is 8.00. The van der Waals surface area contributed by atoms with Gasteiger partial charge in [0.1, 0.15) is 0 Å². The Bertz CT molecular complexity index is 634. The first-order chi connectivity index (χ1) is 11.6. The zero-order valence-electron chi connectivity index (χ0n) is 16.0. The average molecular weight is 403 g/mol. The van der Waals surface area contributed by atoms with E-state index in [-0.39, 0.29) is 36.9 Å². The molecule has 1 aliphatic carbocycles. The standard InChI is InChI=1S/C19H30N4O.2ClH/c1-12-18(13(2)22(3)21-12)17-9-6-10-23(17)19(24)16-11-14-7-4-5-8-15(14)20-16;;/h14-17,20H,4-11H2,1-3H3;2*1H. The lowest BCUT2D eigenvalue weighted by Crippen LogP contribution is -2.45. The largest absolute Gasteiger partial charge is 0.334 e. The summed E-state index contributed by atoms with van der Waals surface area (Å²) >= 11 is 0. The van der Waals surface area contributed by atoms with E-state index in [9.17, 15) is 4.79 Å². The van der Waals surface area contributed by atoms with Crippen molar-refractivity contribution in [2.24, 2.45) is 13.0 Å². The van der Waals surface area contributed by atoms with E-state index in [2.05, 4.69) is 29.2 Å². The van der Waals surface area contributed by atoms with Crippen LogP contribution in [0.25, 0.3) is 0 Å². The molecular weight excluding hydrogens is 371 g/mol. The number of nitrogens with one attached hydrogen (secondary N) is 1. The molecule has 4 atom stereocenters. The summed E-state index contributed by atoms with van der Waals surface area (Å²) in [4.78, 5) is 15.4. The van der Waals surface area contributed by atoms with Gasteiger partial charge in [-0.3, -0.25) is 9.48 Å². The number of likely N-dealkylation sites (tertiary alicyclic amines) is 1. The monoisotopic (exact) mass is 402 g/mol.